The van der Waals surface area contributed by atoms with Crippen molar-refractivity contribution in [3.05, 3.63) is 60.3 Å². The Labute approximate surface area is 133 Å². The highest BCUT2D eigenvalue weighted by atomic mass is 16.3. The number of nitrogens with zero attached hydrogens (tertiary/aromatic N) is 2. The van der Waals surface area contributed by atoms with Gasteiger partial charge in [0.25, 0.3) is 0 Å². The summed E-state index contributed by atoms with van der Waals surface area (Å²) in [4.78, 5) is 8.70. The van der Waals surface area contributed by atoms with E-state index in [1.54, 1.807) is 54.7 Å². The first-order valence-electron chi connectivity index (χ1n) is 7.06. The normalized spacial score (nSPS) is 10.3. The highest BCUT2D eigenvalue weighted by Crippen LogP contribution is 2.22. The number of aromatic nitrogens is 2. The number of phenols is 2. The van der Waals surface area contributed by atoms with Crippen LogP contribution >= 0.6 is 0 Å². The first-order valence-corrected chi connectivity index (χ1v) is 7.06. The summed E-state index contributed by atoms with van der Waals surface area (Å²) in [6, 6.07) is 13.4. The molecule has 1 aromatic heterocycles. The van der Waals surface area contributed by atoms with Crippen molar-refractivity contribution in [3.63, 3.8) is 0 Å². The van der Waals surface area contributed by atoms with E-state index in [9.17, 15) is 10.2 Å². The molecule has 4 N–H and O–H groups in total. The lowest BCUT2D eigenvalue weighted by Crippen LogP contribution is -2.02. The molecule has 0 radical (unpaired) electrons. The van der Waals surface area contributed by atoms with Crippen LogP contribution in [-0.2, 0) is 0 Å². The van der Waals surface area contributed by atoms with Crippen molar-refractivity contribution in [3.8, 4) is 11.5 Å². The van der Waals surface area contributed by atoms with E-state index in [1.807, 2.05) is 6.92 Å². The van der Waals surface area contributed by atoms with Gasteiger partial charge in [-0.25, -0.2) is 4.98 Å². The molecule has 6 heteroatoms. The summed E-state index contributed by atoms with van der Waals surface area (Å²) < 4.78 is 0. The van der Waals surface area contributed by atoms with Gasteiger partial charge in [-0.2, -0.15) is 4.98 Å². The van der Waals surface area contributed by atoms with Gasteiger partial charge in [-0.3, -0.25) is 0 Å². The van der Waals surface area contributed by atoms with E-state index in [0.29, 0.717) is 11.8 Å². The molecule has 3 aromatic rings. The monoisotopic (exact) mass is 308 g/mol. The molecule has 0 spiro atoms. The second kappa shape index (κ2) is 6.23. The second-order valence-electron chi connectivity index (χ2n) is 5.07. The first kappa shape index (κ1) is 14.6. The van der Waals surface area contributed by atoms with Crippen LogP contribution in [-0.4, -0.2) is 20.2 Å². The highest BCUT2D eigenvalue weighted by molar-refractivity contribution is 5.62. The predicted octanol–water partition coefficient (Wildman–Crippen LogP) is 3.68. The number of hydrogen-bond donors (Lipinski definition) is 4. The lowest BCUT2D eigenvalue weighted by atomic mass is 10.3. The van der Waals surface area contributed by atoms with E-state index in [0.717, 1.165) is 16.9 Å². The van der Waals surface area contributed by atoms with Crippen molar-refractivity contribution in [2.24, 2.45) is 0 Å². The Balaban J connectivity index is 1.81. The number of hydrogen-bond acceptors (Lipinski definition) is 6. The van der Waals surface area contributed by atoms with Gasteiger partial charge < -0.3 is 20.8 Å². The number of phenolic OH excluding ortho intramolecular Hbond substituents is 2. The highest BCUT2D eigenvalue weighted by Gasteiger charge is 2.05. The molecule has 0 aliphatic carbocycles. The second-order valence-corrected chi connectivity index (χ2v) is 5.07. The Kier molecular flexibility index (Phi) is 3.97. The number of aryl methyl sites for hydroxylation is 1. The number of aromatic hydroxyl groups is 2. The molecule has 0 fully saturated rings. The quantitative estimate of drug-likeness (QED) is 0.550. The zero-order valence-corrected chi connectivity index (χ0v) is 12.5. The van der Waals surface area contributed by atoms with E-state index < -0.39 is 0 Å². The average Bonchev–Trinajstić information content (AvgIpc) is 2.55. The molecular weight excluding hydrogens is 292 g/mol. The zero-order valence-electron chi connectivity index (χ0n) is 12.5. The van der Waals surface area contributed by atoms with Crippen LogP contribution in [0.1, 0.15) is 5.56 Å². The van der Waals surface area contributed by atoms with Gasteiger partial charge >= 0.3 is 0 Å². The summed E-state index contributed by atoms with van der Waals surface area (Å²) >= 11 is 0. The maximum absolute atomic E-state index is 9.32. The van der Waals surface area contributed by atoms with Crippen molar-refractivity contribution in [2.45, 2.75) is 6.92 Å². The molecule has 0 aliphatic rings. The minimum Gasteiger partial charge on any atom is -0.508 e. The SMILES string of the molecule is Cc1cnc(Nc2ccc(O)cc2)nc1Nc1ccc(O)cc1. The molecule has 0 atom stereocenters. The molecular formula is C17H16N4O2. The smallest absolute Gasteiger partial charge is 0.229 e. The Bertz CT molecular complexity index is 802. The third-order valence-electron chi connectivity index (χ3n) is 3.23. The van der Waals surface area contributed by atoms with Gasteiger partial charge in [0.15, 0.2) is 0 Å². The van der Waals surface area contributed by atoms with Gasteiger partial charge in [-0.1, -0.05) is 0 Å². The van der Waals surface area contributed by atoms with Crippen LogP contribution in [0.3, 0.4) is 0 Å². The molecule has 0 saturated carbocycles. The van der Waals surface area contributed by atoms with Crippen molar-refractivity contribution in [1.82, 2.24) is 9.97 Å². The molecule has 3 rings (SSSR count). The molecule has 0 unspecified atom stereocenters. The van der Waals surface area contributed by atoms with Crippen molar-refractivity contribution in [2.75, 3.05) is 10.6 Å². The van der Waals surface area contributed by atoms with Crippen LogP contribution < -0.4 is 10.6 Å². The van der Waals surface area contributed by atoms with Crippen molar-refractivity contribution >= 4 is 23.1 Å². The van der Waals surface area contributed by atoms with E-state index in [-0.39, 0.29) is 11.5 Å². The van der Waals surface area contributed by atoms with Gasteiger partial charge in [-0.15, -0.1) is 0 Å². The topological polar surface area (TPSA) is 90.3 Å². The largest absolute Gasteiger partial charge is 0.508 e. The third-order valence-corrected chi connectivity index (χ3v) is 3.23. The summed E-state index contributed by atoms with van der Waals surface area (Å²) in [5.74, 6) is 1.54. The van der Waals surface area contributed by atoms with Gasteiger partial charge in [0.2, 0.25) is 5.95 Å². The van der Waals surface area contributed by atoms with Crippen LogP contribution in [0.5, 0.6) is 11.5 Å². The average molecular weight is 308 g/mol. The summed E-state index contributed by atoms with van der Waals surface area (Å²) in [6.07, 6.45) is 1.72. The van der Waals surface area contributed by atoms with Gasteiger partial charge in [0.05, 0.1) is 0 Å². The van der Waals surface area contributed by atoms with Crippen LogP contribution in [0, 0.1) is 6.92 Å². The molecule has 0 bridgehead atoms. The van der Waals surface area contributed by atoms with E-state index in [1.165, 1.54) is 0 Å². The van der Waals surface area contributed by atoms with Crippen molar-refractivity contribution in [1.29, 1.82) is 0 Å². The third kappa shape index (κ3) is 3.68. The van der Waals surface area contributed by atoms with Gasteiger partial charge in [0.1, 0.15) is 17.3 Å². The maximum atomic E-state index is 9.32. The Hall–Kier alpha value is -3.28. The molecule has 0 saturated heterocycles. The fourth-order valence-electron chi connectivity index (χ4n) is 1.98. The minimum absolute atomic E-state index is 0.204. The first-order chi connectivity index (χ1) is 11.1. The zero-order chi connectivity index (χ0) is 16.2. The molecule has 23 heavy (non-hydrogen) atoms. The molecule has 116 valence electrons. The van der Waals surface area contributed by atoms with Crippen LogP contribution in [0.15, 0.2) is 54.7 Å². The van der Waals surface area contributed by atoms with Gasteiger partial charge in [-0.05, 0) is 55.5 Å². The fraction of sp³-hybridized carbons (Fsp3) is 0.0588. The Morgan fingerprint density at radius 1 is 0.783 bits per heavy atom. The number of rotatable bonds is 4. The number of benzene rings is 2. The molecule has 6 nitrogen and oxygen atoms in total. The Morgan fingerprint density at radius 2 is 1.30 bits per heavy atom. The number of nitrogens with one attached hydrogen (secondary N) is 2. The lowest BCUT2D eigenvalue weighted by Gasteiger charge is -2.11. The molecule has 2 aromatic carbocycles. The summed E-state index contributed by atoms with van der Waals surface area (Å²) in [7, 11) is 0. The standard InChI is InChI=1S/C17H16N4O2/c1-11-10-18-17(20-13-4-8-15(23)9-5-13)21-16(11)19-12-2-6-14(22)7-3-12/h2-10,22-23H,1H3,(H2,18,19,20,21). The van der Waals surface area contributed by atoms with Crippen molar-refractivity contribution < 1.29 is 10.2 Å². The lowest BCUT2D eigenvalue weighted by molar-refractivity contribution is 0.475. The molecule has 1 heterocycles. The maximum Gasteiger partial charge on any atom is 0.229 e. The van der Waals surface area contributed by atoms with E-state index >= 15 is 0 Å². The number of anilines is 4. The summed E-state index contributed by atoms with van der Waals surface area (Å²) in [5.41, 5.74) is 2.50. The Morgan fingerprint density at radius 3 is 1.87 bits per heavy atom. The van der Waals surface area contributed by atoms with Gasteiger partial charge in [0, 0.05) is 23.1 Å². The van der Waals surface area contributed by atoms with Crippen LogP contribution in [0.2, 0.25) is 0 Å². The van der Waals surface area contributed by atoms with E-state index in [4.69, 9.17) is 0 Å². The summed E-state index contributed by atoms with van der Waals surface area (Å²) in [6.45, 7) is 1.91. The molecule has 0 aliphatic heterocycles. The predicted molar refractivity (Wildman–Crippen MR) is 89.5 cm³/mol. The minimum atomic E-state index is 0.204. The van der Waals surface area contributed by atoms with Crippen LogP contribution in [0.25, 0.3) is 0 Å². The van der Waals surface area contributed by atoms with E-state index in [2.05, 4.69) is 20.6 Å². The molecule has 0 amide bonds. The fourth-order valence-corrected chi connectivity index (χ4v) is 1.98. The van der Waals surface area contributed by atoms with Crippen LogP contribution in [0.4, 0.5) is 23.1 Å². The summed E-state index contributed by atoms with van der Waals surface area (Å²) in [5, 5.41) is 24.9.